The molecular formula is C16H23N3O. The molecule has 0 heterocycles. The quantitative estimate of drug-likeness (QED) is 0.741. The monoisotopic (exact) mass is 273 g/mol. The van der Waals surface area contributed by atoms with Crippen molar-refractivity contribution in [1.82, 2.24) is 4.90 Å². The Morgan fingerprint density at radius 2 is 1.95 bits per heavy atom. The van der Waals surface area contributed by atoms with Gasteiger partial charge in [0.2, 0.25) is 5.91 Å². The van der Waals surface area contributed by atoms with Crippen LogP contribution in [0.1, 0.15) is 38.2 Å². The van der Waals surface area contributed by atoms with Crippen LogP contribution >= 0.6 is 0 Å². The molecule has 0 saturated carbocycles. The molecule has 1 rings (SSSR count). The zero-order valence-corrected chi connectivity index (χ0v) is 12.4. The number of carbonyl (C=O) groups is 1. The molecule has 4 nitrogen and oxygen atoms in total. The zero-order valence-electron chi connectivity index (χ0n) is 12.4. The van der Waals surface area contributed by atoms with Gasteiger partial charge in [0, 0.05) is 18.7 Å². The smallest absolute Gasteiger partial charge is 0.225 e. The van der Waals surface area contributed by atoms with Crippen molar-refractivity contribution < 1.29 is 4.79 Å². The normalized spacial score (nSPS) is 10.3. The van der Waals surface area contributed by atoms with E-state index >= 15 is 0 Å². The molecule has 108 valence electrons. The lowest BCUT2D eigenvalue weighted by Gasteiger charge is -2.15. The summed E-state index contributed by atoms with van der Waals surface area (Å²) >= 11 is 0. The van der Waals surface area contributed by atoms with Gasteiger partial charge in [0.25, 0.3) is 0 Å². The highest BCUT2D eigenvalue weighted by Crippen LogP contribution is 2.09. The van der Waals surface area contributed by atoms with Crippen LogP contribution < -0.4 is 5.32 Å². The Morgan fingerprint density at radius 3 is 2.55 bits per heavy atom. The lowest BCUT2D eigenvalue weighted by molar-refractivity contribution is -0.116. The number of benzene rings is 1. The highest BCUT2D eigenvalue weighted by atomic mass is 16.1. The minimum Gasteiger partial charge on any atom is -0.326 e. The maximum absolute atomic E-state index is 11.8. The molecule has 1 aromatic rings. The maximum atomic E-state index is 11.8. The molecule has 1 N–H and O–H groups in total. The van der Waals surface area contributed by atoms with Gasteiger partial charge in [-0.3, -0.25) is 4.79 Å². The van der Waals surface area contributed by atoms with Gasteiger partial charge in [-0.25, -0.2) is 0 Å². The molecule has 0 fully saturated rings. The van der Waals surface area contributed by atoms with Gasteiger partial charge in [-0.05, 0) is 44.3 Å². The van der Waals surface area contributed by atoms with Crippen molar-refractivity contribution in [2.75, 3.05) is 25.5 Å². The van der Waals surface area contributed by atoms with E-state index in [1.54, 1.807) is 24.3 Å². The molecule has 4 heteroatoms. The van der Waals surface area contributed by atoms with Crippen LogP contribution in [0.3, 0.4) is 0 Å². The summed E-state index contributed by atoms with van der Waals surface area (Å²) < 4.78 is 0. The number of nitriles is 1. The fourth-order valence-corrected chi connectivity index (χ4v) is 1.89. The first-order valence-electron chi connectivity index (χ1n) is 7.14. The number of nitrogens with zero attached hydrogens (tertiary/aromatic N) is 2. The van der Waals surface area contributed by atoms with Crippen LogP contribution in [0.15, 0.2) is 24.3 Å². The predicted molar refractivity (Wildman–Crippen MR) is 81.4 cm³/mol. The van der Waals surface area contributed by atoms with Crippen molar-refractivity contribution >= 4 is 11.6 Å². The Kier molecular flexibility index (Phi) is 7.38. The summed E-state index contributed by atoms with van der Waals surface area (Å²) in [5, 5.41) is 11.5. The summed E-state index contributed by atoms with van der Waals surface area (Å²) in [5.41, 5.74) is 1.33. The Balaban J connectivity index is 2.27. The van der Waals surface area contributed by atoms with Crippen LogP contribution in [0.2, 0.25) is 0 Å². The summed E-state index contributed by atoms with van der Waals surface area (Å²) in [7, 11) is 2.05. The van der Waals surface area contributed by atoms with E-state index in [0.717, 1.165) is 18.8 Å². The number of amides is 1. The second-order valence-corrected chi connectivity index (χ2v) is 5.00. The van der Waals surface area contributed by atoms with Crippen molar-refractivity contribution in [3.8, 4) is 6.07 Å². The first-order chi connectivity index (χ1) is 9.65. The second kappa shape index (κ2) is 9.11. The fourth-order valence-electron chi connectivity index (χ4n) is 1.89. The van der Waals surface area contributed by atoms with Gasteiger partial charge in [0.1, 0.15) is 0 Å². The van der Waals surface area contributed by atoms with Gasteiger partial charge in [-0.1, -0.05) is 19.8 Å². The number of hydrogen-bond donors (Lipinski definition) is 1. The molecule has 0 aliphatic heterocycles. The fraction of sp³-hybridized carbons (Fsp3) is 0.500. The third kappa shape index (κ3) is 6.35. The molecule has 0 spiro atoms. The van der Waals surface area contributed by atoms with Crippen LogP contribution in [-0.2, 0) is 4.79 Å². The minimum atomic E-state index is 0.0112. The van der Waals surface area contributed by atoms with Crippen LogP contribution in [0.4, 0.5) is 5.69 Å². The van der Waals surface area contributed by atoms with E-state index in [1.165, 1.54) is 19.3 Å². The third-order valence-corrected chi connectivity index (χ3v) is 3.16. The van der Waals surface area contributed by atoms with Gasteiger partial charge in [-0.15, -0.1) is 0 Å². The van der Waals surface area contributed by atoms with Crippen LogP contribution in [-0.4, -0.2) is 30.9 Å². The standard InChI is InChI=1S/C16H23N3O/c1-3-4-5-11-19(2)12-10-16(20)18-15-8-6-14(13-17)7-9-15/h6-9H,3-5,10-12H2,1-2H3,(H,18,20). The molecule has 0 aromatic heterocycles. The summed E-state index contributed by atoms with van der Waals surface area (Å²) in [6.07, 6.45) is 4.13. The number of unbranched alkanes of at least 4 members (excludes halogenated alkanes) is 2. The summed E-state index contributed by atoms with van der Waals surface area (Å²) in [4.78, 5) is 14.0. The van der Waals surface area contributed by atoms with Crippen molar-refractivity contribution in [2.45, 2.75) is 32.6 Å². The van der Waals surface area contributed by atoms with Gasteiger partial charge in [0.15, 0.2) is 0 Å². The molecule has 0 aliphatic carbocycles. The Hall–Kier alpha value is -1.86. The van der Waals surface area contributed by atoms with Crippen molar-refractivity contribution in [1.29, 1.82) is 5.26 Å². The Morgan fingerprint density at radius 1 is 1.25 bits per heavy atom. The van der Waals surface area contributed by atoms with E-state index in [-0.39, 0.29) is 5.91 Å². The van der Waals surface area contributed by atoms with Crippen molar-refractivity contribution in [3.05, 3.63) is 29.8 Å². The molecule has 1 aromatic carbocycles. The largest absolute Gasteiger partial charge is 0.326 e. The van der Waals surface area contributed by atoms with E-state index in [1.807, 2.05) is 7.05 Å². The molecule has 0 atom stereocenters. The van der Waals surface area contributed by atoms with Gasteiger partial charge < -0.3 is 10.2 Å². The first kappa shape index (κ1) is 16.2. The lowest BCUT2D eigenvalue weighted by Crippen LogP contribution is -2.25. The zero-order chi connectivity index (χ0) is 14.8. The maximum Gasteiger partial charge on any atom is 0.225 e. The minimum absolute atomic E-state index is 0.0112. The molecule has 1 amide bonds. The summed E-state index contributed by atoms with van der Waals surface area (Å²) in [6.45, 7) is 3.99. The van der Waals surface area contributed by atoms with Gasteiger partial charge in [0.05, 0.1) is 11.6 Å². The van der Waals surface area contributed by atoms with E-state index in [0.29, 0.717) is 12.0 Å². The topological polar surface area (TPSA) is 56.1 Å². The number of anilines is 1. The van der Waals surface area contributed by atoms with E-state index < -0.39 is 0 Å². The average Bonchev–Trinajstić information content (AvgIpc) is 2.46. The summed E-state index contributed by atoms with van der Waals surface area (Å²) in [5.74, 6) is 0.0112. The van der Waals surface area contributed by atoms with Gasteiger partial charge >= 0.3 is 0 Å². The SMILES string of the molecule is CCCCCN(C)CCC(=O)Nc1ccc(C#N)cc1. The van der Waals surface area contributed by atoms with E-state index in [2.05, 4.69) is 23.2 Å². The lowest BCUT2D eigenvalue weighted by atomic mass is 10.2. The molecule has 20 heavy (non-hydrogen) atoms. The van der Waals surface area contributed by atoms with Crippen LogP contribution in [0.25, 0.3) is 0 Å². The Bertz CT molecular complexity index is 448. The Labute approximate surface area is 121 Å². The van der Waals surface area contributed by atoms with Crippen LogP contribution in [0, 0.1) is 11.3 Å². The van der Waals surface area contributed by atoms with Crippen molar-refractivity contribution in [3.63, 3.8) is 0 Å². The molecule has 0 saturated heterocycles. The third-order valence-electron chi connectivity index (χ3n) is 3.16. The highest BCUT2D eigenvalue weighted by Gasteiger charge is 2.05. The highest BCUT2D eigenvalue weighted by molar-refractivity contribution is 5.90. The molecule has 0 bridgehead atoms. The second-order valence-electron chi connectivity index (χ2n) is 5.00. The number of nitrogens with one attached hydrogen (secondary N) is 1. The number of hydrogen-bond acceptors (Lipinski definition) is 3. The number of rotatable bonds is 8. The predicted octanol–water partition coefficient (Wildman–Crippen LogP) is 3.01. The van der Waals surface area contributed by atoms with E-state index in [9.17, 15) is 4.79 Å². The molecule has 0 unspecified atom stereocenters. The molecule has 0 radical (unpaired) electrons. The van der Waals surface area contributed by atoms with Gasteiger partial charge in [-0.2, -0.15) is 5.26 Å². The molecular weight excluding hydrogens is 250 g/mol. The van der Waals surface area contributed by atoms with Crippen molar-refractivity contribution in [2.24, 2.45) is 0 Å². The van der Waals surface area contributed by atoms with E-state index in [4.69, 9.17) is 5.26 Å². The van der Waals surface area contributed by atoms with Crippen LogP contribution in [0.5, 0.6) is 0 Å². The first-order valence-corrected chi connectivity index (χ1v) is 7.14. The molecule has 0 aliphatic rings. The summed E-state index contributed by atoms with van der Waals surface area (Å²) in [6, 6.07) is 8.96. The average molecular weight is 273 g/mol. The number of carbonyl (C=O) groups excluding carboxylic acids is 1.